The third-order valence-electron chi connectivity index (χ3n) is 1.55. The molecule has 0 radical (unpaired) electrons. The van der Waals surface area contributed by atoms with Crippen molar-refractivity contribution in [3.8, 4) is 0 Å². The van der Waals surface area contributed by atoms with Gasteiger partial charge in [-0.05, 0) is 19.9 Å². The van der Waals surface area contributed by atoms with Crippen molar-refractivity contribution < 1.29 is 9.90 Å². The van der Waals surface area contributed by atoms with Gasteiger partial charge in [-0.25, -0.2) is 0 Å². The molecular weight excluding hydrogens is 194 g/mol. The lowest BCUT2D eigenvalue weighted by molar-refractivity contribution is -0.122. The van der Waals surface area contributed by atoms with E-state index in [1.807, 2.05) is 39.8 Å². The summed E-state index contributed by atoms with van der Waals surface area (Å²) in [4.78, 5) is 19.5. The Kier molecular flexibility index (Phi) is 11.1. The highest BCUT2D eigenvalue weighted by Crippen LogP contribution is 1.87. The van der Waals surface area contributed by atoms with Crippen molar-refractivity contribution in [2.24, 2.45) is 0 Å². The van der Waals surface area contributed by atoms with Crippen molar-refractivity contribution >= 4 is 6.47 Å². The van der Waals surface area contributed by atoms with Crippen molar-refractivity contribution in [1.82, 2.24) is 4.57 Å². The van der Waals surface area contributed by atoms with Crippen LogP contribution in [0.15, 0.2) is 23.1 Å². The molecular formula is C11H19NO3. The first-order valence-electron chi connectivity index (χ1n) is 4.91. The number of carbonyl (C=O) groups is 1. The summed E-state index contributed by atoms with van der Waals surface area (Å²) in [6, 6.07) is 3.72. The Bertz CT molecular complexity index is 318. The second kappa shape index (κ2) is 10.5. The van der Waals surface area contributed by atoms with Crippen molar-refractivity contribution in [3.05, 3.63) is 34.2 Å². The molecule has 1 N–H and O–H groups in total. The molecule has 0 aliphatic carbocycles. The topological polar surface area (TPSA) is 59.3 Å². The van der Waals surface area contributed by atoms with Gasteiger partial charge in [-0.2, -0.15) is 0 Å². The van der Waals surface area contributed by atoms with Crippen LogP contribution in [0.1, 0.15) is 26.3 Å². The fourth-order valence-corrected chi connectivity index (χ4v) is 0.906. The van der Waals surface area contributed by atoms with Crippen LogP contribution in [0, 0.1) is 6.92 Å². The van der Waals surface area contributed by atoms with Crippen LogP contribution in [0.2, 0.25) is 0 Å². The van der Waals surface area contributed by atoms with Gasteiger partial charge in [0, 0.05) is 18.3 Å². The number of aromatic nitrogens is 1. The SMILES string of the molecule is CC.CCn1cccc(C)c1=O.O=CO. The number of aryl methyl sites for hydroxylation is 2. The second-order valence-electron chi connectivity index (χ2n) is 2.39. The van der Waals surface area contributed by atoms with Gasteiger partial charge in [0.05, 0.1) is 0 Å². The van der Waals surface area contributed by atoms with Gasteiger partial charge in [0.2, 0.25) is 0 Å². The van der Waals surface area contributed by atoms with E-state index in [0.29, 0.717) is 0 Å². The molecule has 0 unspecified atom stereocenters. The molecule has 86 valence electrons. The molecule has 1 rings (SSSR count). The lowest BCUT2D eigenvalue weighted by Crippen LogP contribution is -2.19. The van der Waals surface area contributed by atoms with Crippen molar-refractivity contribution in [2.45, 2.75) is 34.2 Å². The zero-order valence-corrected chi connectivity index (χ0v) is 9.73. The lowest BCUT2D eigenvalue weighted by Gasteiger charge is -1.99. The summed E-state index contributed by atoms with van der Waals surface area (Å²) < 4.78 is 1.69. The summed E-state index contributed by atoms with van der Waals surface area (Å²) in [5, 5.41) is 6.89. The van der Waals surface area contributed by atoms with E-state index in [1.165, 1.54) is 0 Å². The minimum atomic E-state index is -0.250. The van der Waals surface area contributed by atoms with Crippen LogP contribution < -0.4 is 5.56 Å². The smallest absolute Gasteiger partial charge is 0.290 e. The average molecular weight is 213 g/mol. The van der Waals surface area contributed by atoms with E-state index in [1.54, 1.807) is 10.8 Å². The van der Waals surface area contributed by atoms with Gasteiger partial charge in [-0.3, -0.25) is 9.59 Å². The van der Waals surface area contributed by atoms with Crippen LogP contribution in [-0.4, -0.2) is 16.1 Å². The van der Waals surface area contributed by atoms with Gasteiger partial charge in [-0.15, -0.1) is 0 Å². The molecule has 0 atom stereocenters. The normalized spacial score (nSPS) is 7.73. The quantitative estimate of drug-likeness (QED) is 0.725. The Hall–Kier alpha value is -1.58. The van der Waals surface area contributed by atoms with E-state index in [-0.39, 0.29) is 12.0 Å². The van der Waals surface area contributed by atoms with E-state index in [0.717, 1.165) is 12.1 Å². The van der Waals surface area contributed by atoms with Crippen LogP contribution in [0.4, 0.5) is 0 Å². The van der Waals surface area contributed by atoms with Crippen LogP contribution in [-0.2, 0) is 11.3 Å². The molecule has 0 aromatic carbocycles. The van der Waals surface area contributed by atoms with E-state index in [2.05, 4.69) is 0 Å². The Labute approximate surface area is 90.2 Å². The molecule has 1 aromatic heterocycles. The highest BCUT2D eigenvalue weighted by molar-refractivity contribution is 5.32. The van der Waals surface area contributed by atoms with Gasteiger partial charge in [-0.1, -0.05) is 19.9 Å². The second-order valence-corrected chi connectivity index (χ2v) is 2.39. The number of hydrogen-bond acceptors (Lipinski definition) is 2. The Morgan fingerprint density at radius 2 is 1.93 bits per heavy atom. The fourth-order valence-electron chi connectivity index (χ4n) is 0.906. The predicted octanol–water partition coefficient (Wildman–Crippen LogP) is 1.90. The van der Waals surface area contributed by atoms with Gasteiger partial charge in [0.25, 0.3) is 12.0 Å². The molecule has 0 aliphatic heterocycles. The number of carboxylic acid groups (broad SMARTS) is 1. The molecule has 1 heterocycles. The van der Waals surface area contributed by atoms with Gasteiger partial charge >= 0.3 is 0 Å². The average Bonchev–Trinajstić information content (AvgIpc) is 2.26. The predicted molar refractivity (Wildman–Crippen MR) is 61.2 cm³/mol. The fraction of sp³-hybridized carbons (Fsp3) is 0.455. The molecule has 0 amide bonds. The summed E-state index contributed by atoms with van der Waals surface area (Å²) in [6.07, 6.45) is 1.80. The van der Waals surface area contributed by atoms with Gasteiger partial charge in [0.1, 0.15) is 0 Å². The highest BCUT2D eigenvalue weighted by atomic mass is 16.3. The van der Waals surface area contributed by atoms with E-state index < -0.39 is 0 Å². The number of rotatable bonds is 1. The summed E-state index contributed by atoms with van der Waals surface area (Å²) in [5.74, 6) is 0. The third kappa shape index (κ3) is 6.49. The minimum absolute atomic E-state index is 0.116. The number of pyridine rings is 1. The number of hydrogen-bond donors (Lipinski definition) is 1. The first-order chi connectivity index (χ1) is 7.17. The van der Waals surface area contributed by atoms with Crippen molar-refractivity contribution in [3.63, 3.8) is 0 Å². The molecule has 0 aliphatic rings. The molecule has 1 aromatic rings. The maximum Gasteiger partial charge on any atom is 0.290 e. The maximum absolute atomic E-state index is 11.2. The minimum Gasteiger partial charge on any atom is -0.483 e. The maximum atomic E-state index is 11.2. The molecule has 15 heavy (non-hydrogen) atoms. The van der Waals surface area contributed by atoms with Crippen LogP contribution in [0.5, 0.6) is 0 Å². The van der Waals surface area contributed by atoms with E-state index in [4.69, 9.17) is 9.90 Å². The van der Waals surface area contributed by atoms with Crippen LogP contribution >= 0.6 is 0 Å². The summed E-state index contributed by atoms with van der Waals surface area (Å²) >= 11 is 0. The third-order valence-corrected chi connectivity index (χ3v) is 1.55. The first-order valence-corrected chi connectivity index (χ1v) is 4.91. The number of nitrogens with zero attached hydrogens (tertiary/aromatic N) is 1. The molecule has 0 fully saturated rings. The van der Waals surface area contributed by atoms with Crippen LogP contribution in [0.25, 0.3) is 0 Å². The Morgan fingerprint density at radius 1 is 1.47 bits per heavy atom. The van der Waals surface area contributed by atoms with Gasteiger partial charge < -0.3 is 9.67 Å². The standard InChI is InChI=1S/C8H11NO.C2H6.CH2O2/c1-3-9-6-4-5-7(2)8(9)10;1-2;2-1-3/h4-6H,3H2,1-2H3;1-2H3;1H,(H,2,3). The Morgan fingerprint density at radius 3 is 2.27 bits per heavy atom. The molecule has 4 heteroatoms. The molecule has 4 nitrogen and oxygen atoms in total. The zero-order valence-electron chi connectivity index (χ0n) is 9.73. The van der Waals surface area contributed by atoms with E-state index in [9.17, 15) is 4.79 Å². The molecule has 0 spiro atoms. The molecule has 0 saturated carbocycles. The van der Waals surface area contributed by atoms with Gasteiger partial charge in [0.15, 0.2) is 0 Å². The Balaban J connectivity index is 0. The van der Waals surface area contributed by atoms with Crippen LogP contribution in [0.3, 0.4) is 0 Å². The lowest BCUT2D eigenvalue weighted by atomic mass is 10.3. The van der Waals surface area contributed by atoms with Crippen molar-refractivity contribution in [1.29, 1.82) is 0 Å². The summed E-state index contributed by atoms with van der Waals surface area (Å²) in [6.45, 7) is 8.29. The van der Waals surface area contributed by atoms with Crippen molar-refractivity contribution in [2.75, 3.05) is 0 Å². The largest absolute Gasteiger partial charge is 0.483 e. The van der Waals surface area contributed by atoms with E-state index >= 15 is 0 Å². The molecule has 0 bridgehead atoms. The zero-order chi connectivity index (χ0) is 12.3. The summed E-state index contributed by atoms with van der Waals surface area (Å²) in [7, 11) is 0. The summed E-state index contributed by atoms with van der Waals surface area (Å²) in [5.41, 5.74) is 0.925. The highest BCUT2D eigenvalue weighted by Gasteiger charge is 1.93. The molecule has 0 saturated heterocycles. The first kappa shape index (κ1) is 15.9. The monoisotopic (exact) mass is 213 g/mol.